The van der Waals surface area contributed by atoms with Crippen molar-refractivity contribution in [2.75, 3.05) is 46.4 Å². The lowest BCUT2D eigenvalue weighted by molar-refractivity contribution is -0.142. The quantitative estimate of drug-likeness (QED) is 0.501. The number of esters is 1. The van der Waals surface area contributed by atoms with Crippen LogP contribution in [0, 0.1) is 0 Å². The summed E-state index contributed by atoms with van der Waals surface area (Å²) in [6, 6.07) is 22.8. The van der Waals surface area contributed by atoms with Crippen LogP contribution in [-0.2, 0) is 16.1 Å². The first-order chi connectivity index (χ1) is 15.7. The maximum atomic E-state index is 11.6. The fourth-order valence-electron chi connectivity index (χ4n) is 4.07. The van der Waals surface area contributed by atoms with Crippen LogP contribution in [-0.4, -0.2) is 62.2 Å². The Labute approximate surface area is 189 Å². The van der Waals surface area contributed by atoms with Gasteiger partial charge in [-0.2, -0.15) is 0 Å². The van der Waals surface area contributed by atoms with Gasteiger partial charge >= 0.3 is 5.97 Å². The SMILES string of the molecule is COC(=O)COc1ccc2ccccc2c1CN1CCN(CC=Cc2ccccc2)CC1. The van der Waals surface area contributed by atoms with Gasteiger partial charge in [-0.15, -0.1) is 0 Å². The van der Waals surface area contributed by atoms with Crippen molar-refractivity contribution in [1.29, 1.82) is 0 Å². The molecule has 0 saturated carbocycles. The predicted molar refractivity (Wildman–Crippen MR) is 129 cm³/mol. The maximum absolute atomic E-state index is 11.6. The van der Waals surface area contributed by atoms with Crippen molar-refractivity contribution in [3.05, 3.63) is 83.9 Å². The average molecular weight is 431 g/mol. The molecule has 3 aromatic carbocycles. The third-order valence-corrected chi connectivity index (χ3v) is 5.89. The van der Waals surface area contributed by atoms with Gasteiger partial charge in [0.25, 0.3) is 0 Å². The number of carbonyl (C=O) groups is 1. The molecule has 1 fully saturated rings. The van der Waals surface area contributed by atoms with Crippen LogP contribution < -0.4 is 4.74 Å². The number of methoxy groups -OCH3 is 1. The van der Waals surface area contributed by atoms with E-state index in [4.69, 9.17) is 9.47 Å². The summed E-state index contributed by atoms with van der Waals surface area (Å²) in [6.07, 6.45) is 4.43. The van der Waals surface area contributed by atoms with Gasteiger partial charge in [0.2, 0.25) is 0 Å². The van der Waals surface area contributed by atoms with Gasteiger partial charge in [-0.3, -0.25) is 9.80 Å². The number of fused-ring (bicyclic) bond motifs is 1. The number of hydrogen-bond acceptors (Lipinski definition) is 5. The number of ether oxygens (including phenoxy) is 2. The molecule has 1 saturated heterocycles. The van der Waals surface area contributed by atoms with E-state index in [2.05, 4.69) is 58.4 Å². The van der Waals surface area contributed by atoms with E-state index in [1.807, 2.05) is 30.3 Å². The lowest BCUT2D eigenvalue weighted by Crippen LogP contribution is -2.45. The molecule has 5 nitrogen and oxygen atoms in total. The molecular formula is C27H30N2O3. The maximum Gasteiger partial charge on any atom is 0.343 e. The fraction of sp³-hybridized carbons (Fsp3) is 0.296. The van der Waals surface area contributed by atoms with E-state index < -0.39 is 0 Å². The summed E-state index contributed by atoms with van der Waals surface area (Å²) in [4.78, 5) is 16.5. The molecule has 0 aromatic heterocycles. The summed E-state index contributed by atoms with van der Waals surface area (Å²) in [5.74, 6) is 0.378. The van der Waals surface area contributed by atoms with Crippen LogP contribution >= 0.6 is 0 Å². The van der Waals surface area contributed by atoms with Crippen molar-refractivity contribution in [1.82, 2.24) is 9.80 Å². The van der Waals surface area contributed by atoms with Gasteiger partial charge in [0.05, 0.1) is 7.11 Å². The Morgan fingerprint density at radius 1 is 0.906 bits per heavy atom. The number of piperazine rings is 1. The predicted octanol–water partition coefficient (Wildman–Crippen LogP) is 4.22. The highest BCUT2D eigenvalue weighted by molar-refractivity contribution is 5.88. The van der Waals surface area contributed by atoms with Crippen molar-refractivity contribution in [2.24, 2.45) is 0 Å². The lowest BCUT2D eigenvalue weighted by atomic mass is 10.0. The van der Waals surface area contributed by atoms with E-state index >= 15 is 0 Å². The largest absolute Gasteiger partial charge is 0.482 e. The number of carbonyl (C=O) groups excluding carboxylic acids is 1. The molecule has 32 heavy (non-hydrogen) atoms. The highest BCUT2D eigenvalue weighted by atomic mass is 16.6. The van der Waals surface area contributed by atoms with Gasteiger partial charge in [0.15, 0.2) is 6.61 Å². The Bertz CT molecular complexity index is 1060. The molecule has 0 spiro atoms. The third kappa shape index (κ3) is 5.75. The monoisotopic (exact) mass is 430 g/mol. The Balaban J connectivity index is 1.39. The van der Waals surface area contributed by atoms with E-state index in [0.29, 0.717) is 0 Å². The van der Waals surface area contributed by atoms with Crippen LogP contribution in [0.1, 0.15) is 11.1 Å². The summed E-state index contributed by atoms with van der Waals surface area (Å²) in [7, 11) is 1.38. The van der Waals surface area contributed by atoms with Gasteiger partial charge in [-0.1, -0.05) is 72.8 Å². The van der Waals surface area contributed by atoms with Gasteiger partial charge in [0.1, 0.15) is 5.75 Å². The van der Waals surface area contributed by atoms with Crippen molar-refractivity contribution in [3.63, 3.8) is 0 Å². The summed E-state index contributed by atoms with van der Waals surface area (Å²) < 4.78 is 10.6. The first-order valence-corrected chi connectivity index (χ1v) is 11.1. The van der Waals surface area contributed by atoms with Gasteiger partial charge in [-0.05, 0) is 22.4 Å². The molecular weight excluding hydrogens is 400 g/mol. The Morgan fingerprint density at radius 2 is 1.62 bits per heavy atom. The summed E-state index contributed by atoms with van der Waals surface area (Å²) in [5, 5.41) is 2.35. The highest BCUT2D eigenvalue weighted by Gasteiger charge is 2.19. The lowest BCUT2D eigenvalue weighted by Gasteiger charge is -2.34. The second-order valence-electron chi connectivity index (χ2n) is 8.02. The summed E-state index contributed by atoms with van der Waals surface area (Å²) >= 11 is 0. The first kappa shape index (κ1) is 22.1. The minimum Gasteiger partial charge on any atom is -0.482 e. The molecule has 0 amide bonds. The van der Waals surface area contributed by atoms with Crippen molar-refractivity contribution in [2.45, 2.75) is 6.54 Å². The molecule has 0 atom stereocenters. The molecule has 4 rings (SSSR count). The Morgan fingerprint density at radius 3 is 2.41 bits per heavy atom. The Hall–Kier alpha value is -3.15. The molecule has 0 bridgehead atoms. The molecule has 5 heteroatoms. The van der Waals surface area contributed by atoms with Crippen molar-refractivity contribution >= 4 is 22.8 Å². The average Bonchev–Trinajstić information content (AvgIpc) is 2.85. The second-order valence-corrected chi connectivity index (χ2v) is 8.02. The first-order valence-electron chi connectivity index (χ1n) is 11.1. The summed E-state index contributed by atoms with van der Waals surface area (Å²) in [5.41, 5.74) is 2.37. The molecule has 0 N–H and O–H groups in total. The van der Waals surface area contributed by atoms with Crippen molar-refractivity contribution in [3.8, 4) is 5.75 Å². The number of hydrogen-bond donors (Lipinski definition) is 0. The zero-order valence-corrected chi connectivity index (χ0v) is 18.6. The minimum atomic E-state index is -0.374. The molecule has 1 aliphatic heterocycles. The molecule has 3 aromatic rings. The van der Waals surface area contributed by atoms with E-state index in [9.17, 15) is 4.79 Å². The highest BCUT2D eigenvalue weighted by Crippen LogP contribution is 2.30. The number of rotatable bonds is 8. The second kappa shape index (κ2) is 10.9. The fourth-order valence-corrected chi connectivity index (χ4v) is 4.07. The molecule has 0 aliphatic carbocycles. The van der Waals surface area contributed by atoms with Crippen LogP contribution in [0.4, 0.5) is 0 Å². The summed E-state index contributed by atoms with van der Waals surface area (Å²) in [6.45, 7) is 5.74. The molecule has 0 unspecified atom stereocenters. The third-order valence-electron chi connectivity index (χ3n) is 5.89. The normalized spacial score (nSPS) is 15.3. The van der Waals surface area contributed by atoms with E-state index in [1.165, 1.54) is 23.4 Å². The van der Waals surface area contributed by atoms with Gasteiger partial charge < -0.3 is 9.47 Å². The van der Waals surface area contributed by atoms with Crippen LogP contribution in [0.3, 0.4) is 0 Å². The van der Waals surface area contributed by atoms with Crippen LogP contribution in [0.2, 0.25) is 0 Å². The van der Waals surface area contributed by atoms with Crippen LogP contribution in [0.15, 0.2) is 72.8 Å². The molecule has 1 heterocycles. The smallest absolute Gasteiger partial charge is 0.343 e. The topological polar surface area (TPSA) is 42.0 Å². The molecule has 166 valence electrons. The van der Waals surface area contributed by atoms with Crippen molar-refractivity contribution < 1.29 is 14.3 Å². The Kier molecular flexibility index (Phi) is 7.54. The standard InChI is InChI=1S/C27H30N2O3/c1-31-27(30)21-32-26-14-13-23-11-5-6-12-24(23)25(26)20-29-18-16-28(17-19-29)15-7-10-22-8-3-2-4-9-22/h2-14H,15-21H2,1H3. The van der Waals surface area contributed by atoms with E-state index in [0.717, 1.165) is 50.6 Å². The minimum absolute atomic E-state index is 0.0800. The number of benzene rings is 3. The van der Waals surface area contributed by atoms with Gasteiger partial charge in [-0.25, -0.2) is 4.79 Å². The van der Waals surface area contributed by atoms with E-state index in [1.54, 1.807) is 0 Å². The zero-order valence-electron chi connectivity index (χ0n) is 18.6. The number of nitrogens with zero attached hydrogens (tertiary/aromatic N) is 2. The van der Waals surface area contributed by atoms with Crippen LogP contribution in [0.5, 0.6) is 5.75 Å². The molecule has 1 aliphatic rings. The van der Waals surface area contributed by atoms with Crippen LogP contribution in [0.25, 0.3) is 16.8 Å². The van der Waals surface area contributed by atoms with Gasteiger partial charge in [0, 0.05) is 44.8 Å². The molecule has 0 radical (unpaired) electrons. The van der Waals surface area contributed by atoms with E-state index in [-0.39, 0.29) is 12.6 Å². The zero-order chi connectivity index (χ0) is 22.2.